The van der Waals surface area contributed by atoms with Crippen LogP contribution in [0.1, 0.15) is 103 Å². The molecule has 0 unspecified atom stereocenters. The molecule has 0 saturated carbocycles. The van der Waals surface area contributed by atoms with Gasteiger partial charge in [-0.15, -0.1) is 0 Å². The zero-order chi connectivity index (χ0) is 30.2. The summed E-state index contributed by atoms with van der Waals surface area (Å²) in [5, 5.41) is 0. The molecule has 4 nitrogen and oxygen atoms in total. The van der Waals surface area contributed by atoms with Gasteiger partial charge in [0, 0.05) is 24.3 Å². The van der Waals surface area contributed by atoms with Crippen LogP contribution < -0.4 is 0 Å². The second kappa shape index (κ2) is 18.4. The number of benzene rings is 2. The van der Waals surface area contributed by atoms with Crippen LogP contribution in [0.5, 0.6) is 0 Å². The molecule has 42 heavy (non-hydrogen) atoms. The van der Waals surface area contributed by atoms with Crippen LogP contribution in [0.25, 0.3) is 6.08 Å². The van der Waals surface area contributed by atoms with Gasteiger partial charge in [-0.3, -0.25) is 4.79 Å². The second-order valence-corrected chi connectivity index (χ2v) is 12.1. The molecule has 1 fully saturated rings. The summed E-state index contributed by atoms with van der Waals surface area (Å²) in [7, 11) is 0. The van der Waals surface area contributed by atoms with Gasteiger partial charge in [-0.05, 0) is 55.7 Å². The van der Waals surface area contributed by atoms with Gasteiger partial charge in [0.05, 0.1) is 18.1 Å². The van der Waals surface area contributed by atoms with E-state index in [2.05, 4.69) is 43.9 Å². The summed E-state index contributed by atoms with van der Waals surface area (Å²) in [5.41, 5.74) is 3.30. The van der Waals surface area contributed by atoms with Crippen molar-refractivity contribution in [1.82, 2.24) is 0 Å². The molecule has 2 aromatic rings. The standard InChI is InChI=1S/C38H50O4/c1-5-15-35(27-34(24-29(2)28-39)26-33-19-10-7-11-20-33)42-38(40)30(3)16-12-13-23-37-31(4)25-36(41-37)22-14-21-32-17-8-6-9-18-32/h6-11,17-20,26,28-31,35-37H,5,12-13,15-16,22-25,27H2,1-4H3/b34-26+/t29-,30+,31+,35-,36+,37+/m1/s1. The van der Waals surface area contributed by atoms with Gasteiger partial charge in [0.1, 0.15) is 12.4 Å². The highest BCUT2D eigenvalue weighted by atomic mass is 16.5. The highest BCUT2D eigenvalue weighted by Crippen LogP contribution is 2.31. The van der Waals surface area contributed by atoms with Gasteiger partial charge in [0.2, 0.25) is 0 Å². The summed E-state index contributed by atoms with van der Waals surface area (Å²) in [6.07, 6.45) is 12.2. The van der Waals surface area contributed by atoms with Crippen LogP contribution in [-0.4, -0.2) is 30.6 Å². The SMILES string of the molecule is CCC[C@H](C/C(=C/c1ccccc1)C[C@@H](C)C=O)OC(=O)[C@@H](C)CCCC[C@@H]1O[C@@H](CC#Cc2ccccc2)C[C@@H]1C. The Morgan fingerprint density at radius 2 is 1.74 bits per heavy atom. The fourth-order valence-electron chi connectivity index (χ4n) is 5.73. The molecule has 2 aromatic carbocycles. The normalized spacial score (nSPS) is 20.7. The fraction of sp³-hybridized carbons (Fsp3) is 0.526. The van der Waals surface area contributed by atoms with Crippen molar-refractivity contribution in [3.05, 3.63) is 77.4 Å². The van der Waals surface area contributed by atoms with Crippen LogP contribution in [0.4, 0.5) is 0 Å². The molecule has 0 bridgehead atoms. The van der Waals surface area contributed by atoms with Crippen molar-refractivity contribution >= 4 is 18.3 Å². The van der Waals surface area contributed by atoms with Crippen molar-refractivity contribution in [3.8, 4) is 11.8 Å². The van der Waals surface area contributed by atoms with E-state index < -0.39 is 0 Å². The summed E-state index contributed by atoms with van der Waals surface area (Å²) < 4.78 is 12.4. The lowest BCUT2D eigenvalue weighted by atomic mass is 9.94. The van der Waals surface area contributed by atoms with Crippen LogP contribution >= 0.6 is 0 Å². The average molecular weight is 571 g/mol. The van der Waals surface area contributed by atoms with Gasteiger partial charge in [-0.1, -0.05) is 119 Å². The molecule has 0 aromatic heterocycles. The van der Waals surface area contributed by atoms with Crippen LogP contribution in [0, 0.1) is 29.6 Å². The van der Waals surface area contributed by atoms with Gasteiger partial charge >= 0.3 is 5.97 Å². The number of carbonyl (C=O) groups is 2. The van der Waals surface area contributed by atoms with Crippen molar-refractivity contribution in [2.75, 3.05) is 0 Å². The highest BCUT2D eigenvalue weighted by Gasteiger charge is 2.31. The lowest BCUT2D eigenvalue weighted by Crippen LogP contribution is -2.24. The van der Waals surface area contributed by atoms with E-state index in [0.717, 1.165) is 74.4 Å². The number of esters is 1. The number of hydrogen-bond acceptors (Lipinski definition) is 4. The Morgan fingerprint density at radius 3 is 2.43 bits per heavy atom. The van der Waals surface area contributed by atoms with Gasteiger partial charge in [0.15, 0.2) is 0 Å². The number of unbranched alkanes of at least 4 members (excludes halogenated alkanes) is 1. The third-order valence-electron chi connectivity index (χ3n) is 8.12. The Morgan fingerprint density at radius 1 is 1.02 bits per heavy atom. The van der Waals surface area contributed by atoms with E-state index >= 15 is 0 Å². The van der Waals surface area contributed by atoms with Gasteiger partial charge in [0.25, 0.3) is 0 Å². The topological polar surface area (TPSA) is 52.6 Å². The highest BCUT2D eigenvalue weighted by molar-refractivity contribution is 5.72. The molecule has 1 saturated heterocycles. The molecular weight excluding hydrogens is 520 g/mol. The minimum atomic E-state index is -0.173. The maximum Gasteiger partial charge on any atom is 0.308 e. The van der Waals surface area contributed by atoms with Crippen LogP contribution in [0.3, 0.4) is 0 Å². The Labute approximate surface area is 254 Å². The lowest BCUT2D eigenvalue weighted by molar-refractivity contribution is -0.154. The molecule has 0 N–H and O–H groups in total. The van der Waals surface area contributed by atoms with E-state index in [1.54, 1.807) is 0 Å². The molecule has 0 spiro atoms. The molecule has 0 radical (unpaired) electrons. The molecule has 6 atom stereocenters. The van der Waals surface area contributed by atoms with Gasteiger partial charge < -0.3 is 14.3 Å². The predicted octanol–water partition coefficient (Wildman–Crippen LogP) is 8.83. The number of hydrogen-bond donors (Lipinski definition) is 0. The fourth-order valence-corrected chi connectivity index (χ4v) is 5.73. The molecule has 1 aliphatic heterocycles. The first-order chi connectivity index (χ1) is 20.4. The summed E-state index contributed by atoms with van der Waals surface area (Å²) in [6, 6.07) is 20.2. The lowest BCUT2D eigenvalue weighted by Gasteiger charge is -2.22. The number of rotatable bonds is 16. The minimum absolute atomic E-state index is 0.0686. The largest absolute Gasteiger partial charge is 0.462 e. The van der Waals surface area contributed by atoms with Crippen LogP contribution in [0.15, 0.2) is 66.2 Å². The monoisotopic (exact) mass is 570 g/mol. The summed E-state index contributed by atoms with van der Waals surface area (Å²) in [4.78, 5) is 24.4. The van der Waals surface area contributed by atoms with Crippen LogP contribution in [0.2, 0.25) is 0 Å². The zero-order valence-electron chi connectivity index (χ0n) is 26.1. The molecular formula is C38H50O4. The number of aldehydes is 1. The second-order valence-electron chi connectivity index (χ2n) is 12.1. The molecule has 226 valence electrons. The Hall–Kier alpha value is -3.16. The van der Waals surface area contributed by atoms with Crippen molar-refractivity contribution in [1.29, 1.82) is 0 Å². The maximum absolute atomic E-state index is 13.1. The third-order valence-corrected chi connectivity index (χ3v) is 8.12. The van der Waals surface area contributed by atoms with E-state index in [1.165, 1.54) is 0 Å². The van der Waals surface area contributed by atoms with Crippen LogP contribution in [-0.2, 0) is 19.1 Å². The Kier molecular flexibility index (Phi) is 14.6. The van der Waals surface area contributed by atoms with Crippen molar-refractivity contribution < 1.29 is 19.1 Å². The molecule has 0 aliphatic carbocycles. The third kappa shape index (κ3) is 12.0. The number of ether oxygens (including phenoxy) is 2. The minimum Gasteiger partial charge on any atom is -0.462 e. The first-order valence-electron chi connectivity index (χ1n) is 16.0. The van der Waals surface area contributed by atoms with E-state index in [0.29, 0.717) is 18.8 Å². The molecule has 1 heterocycles. The van der Waals surface area contributed by atoms with Crippen molar-refractivity contribution in [2.24, 2.45) is 17.8 Å². The van der Waals surface area contributed by atoms with Crippen molar-refractivity contribution in [2.45, 2.75) is 110 Å². The quantitative estimate of drug-likeness (QED) is 0.0876. The van der Waals surface area contributed by atoms with Gasteiger partial charge in [-0.2, -0.15) is 0 Å². The Balaban J connectivity index is 1.43. The summed E-state index contributed by atoms with van der Waals surface area (Å²) in [5.74, 6) is 6.75. The number of carbonyl (C=O) groups excluding carboxylic acids is 2. The maximum atomic E-state index is 13.1. The first kappa shape index (κ1) is 33.3. The van der Waals surface area contributed by atoms with E-state index in [-0.39, 0.29) is 36.1 Å². The van der Waals surface area contributed by atoms with Crippen molar-refractivity contribution in [3.63, 3.8) is 0 Å². The van der Waals surface area contributed by atoms with E-state index in [9.17, 15) is 9.59 Å². The molecule has 4 heteroatoms. The average Bonchev–Trinajstić information content (AvgIpc) is 3.34. The Bertz CT molecular complexity index is 1160. The molecule has 0 amide bonds. The first-order valence-corrected chi connectivity index (χ1v) is 16.0. The molecule has 3 rings (SSSR count). The van der Waals surface area contributed by atoms with Gasteiger partial charge in [-0.25, -0.2) is 0 Å². The summed E-state index contributed by atoms with van der Waals surface area (Å²) >= 11 is 0. The summed E-state index contributed by atoms with van der Waals surface area (Å²) in [6.45, 7) is 8.31. The smallest absolute Gasteiger partial charge is 0.308 e. The predicted molar refractivity (Wildman–Crippen MR) is 172 cm³/mol. The van der Waals surface area contributed by atoms with E-state index in [1.807, 2.05) is 62.4 Å². The molecule has 1 aliphatic rings. The van der Waals surface area contributed by atoms with E-state index in [4.69, 9.17) is 9.47 Å². The zero-order valence-corrected chi connectivity index (χ0v) is 26.1.